The first-order valence-electron chi connectivity index (χ1n) is 6.55. The third kappa shape index (κ3) is 3.86. The molecule has 0 heterocycles. The second-order valence-electron chi connectivity index (χ2n) is 4.56. The second-order valence-corrected chi connectivity index (χ2v) is 6.27. The number of rotatable bonds is 5. The van der Waals surface area contributed by atoms with E-state index in [2.05, 4.69) is 31.9 Å². The molecule has 0 aliphatic carbocycles. The summed E-state index contributed by atoms with van der Waals surface area (Å²) >= 11 is 6.82. The van der Waals surface area contributed by atoms with Gasteiger partial charge in [0.25, 0.3) is 0 Å². The molecule has 110 valence electrons. The van der Waals surface area contributed by atoms with Gasteiger partial charge in [-0.3, -0.25) is 4.79 Å². The van der Waals surface area contributed by atoms with Crippen LogP contribution >= 0.6 is 31.9 Å². The molecule has 2 N–H and O–H groups in total. The highest BCUT2D eigenvalue weighted by atomic mass is 79.9. The van der Waals surface area contributed by atoms with Gasteiger partial charge in [-0.15, -0.1) is 0 Å². The minimum atomic E-state index is -0.0862. The minimum absolute atomic E-state index is 0.0862. The number of anilines is 1. The van der Waals surface area contributed by atoms with Crippen LogP contribution in [0.2, 0.25) is 0 Å². The van der Waals surface area contributed by atoms with E-state index in [1.165, 1.54) is 0 Å². The van der Waals surface area contributed by atoms with Crippen LogP contribution in [-0.2, 0) is 0 Å². The smallest absolute Gasteiger partial charge is 0.194 e. The zero-order chi connectivity index (χ0) is 15.4. The summed E-state index contributed by atoms with van der Waals surface area (Å²) in [6.45, 7) is 2.69. The van der Waals surface area contributed by atoms with Crippen molar-refractivity contribution in [2.75, 3.05) is 12.3 Å². The van der Waals surface area contributed by atoms with Crippen LogP contribution in [0.1, 0.15) is 29.3 Å². The molecule has 0 bridgehead atoms. The molecule has 0 aromatic heterocycles. The maximum Gasteiger partial charge on any atom is 0.194 e. The second kappa shape index (κ2) is 7.09. The lowest BCUT2D eigenvalue weighted by atomic mass is 10.0. The molecule has 21 heavy (non-hydrogen) atoms. The van der Waals surface area contributed by atoms with Crippen LogP contribution in [-0.4, -0.2) is 12.4 Å². The monoisotopic (exact) mass is 411 g/mol. The molecule has 0 radical (unpaired) electrons. The van der Waals surface area contributed by atoms with Gasteiger partial charge in [-0.1, -0.05) is 22.9 Å². The number of carbonyl (C=O) groups excluding carboxylic acids is 1. The number of nitrogen functional groups attached to an aromatic ring is 1. The van der Waals surface area contributed by atoms with E-state index in [1.807, 2.05) is 6.92 Å². The molecule has 3 nitrogen and oxygen atoms in total. The van der Waals surface area contributed by atoms with Crippen molar-refractivity contribution in [2.45, 2.75) is 13.3 Å². The predicted octanol–water partition coefficient (Wildman–Crippen LogP) is 4.81. The summed E-state index contributed by atoms with van der Waals surface area (Å²) < 4.78 is 7.07. The number of halogens is 2. The lowest BCUT2D eigenvalue weighted by Crippen LogP contribution is -2.04. The summed E-state index contributed by atoms with van der Waals surface area (Å²) in [5, 5.41) is 0. The summed E-state index contributed by atoms with van der Waals surface area (Å²) in [6.07, 6.45) is 0.934. The van der Waals surface area contributed by atoms with Gasteiger partial charge in [0.15, 0.2) is 5.78 Å². The quantitative estimate of drug-likeness (QED) is 0.566. The molecule has 2 rings (SSSR count). The van der Waals surface area contributed by atoms with Gasteiger partial charge >= 0.3 is 0 Å². The predicted molar refractivity (Wildman–Crippen MR) is 91.9 cm³/mol. The molecule has 0 spiro atoms. The summed E-state index contributed by atoms with van der Waals surface area (Å²) in [5.74, 6) is 0.650. The van der Waals surface area contributed by atoms with Crippen LogP contribution in [0.25, 0.3) is 0 Å². The number of hydrogen-bond donors (Lipinski definition) is 1. The summed E-state index contributed by atoms with van der Waals surface area (Å²) in [5.41, 5.74) is 7.43. The number of carbonyl (C=O) groups is 1. The summed E-state index contributed by atoms with van der Waals surface area (Å²) in [6, 6.07) is 10.5. The van der Waals surface area contributed by atoms with Crippen molar-refractivity contribution in [2.24, 2.45) is 0 Å². The maximum atomic E-state index is 12.5. The van der Waals surface area contributed by atoms with Gasteiger partial charge in [0, 0.05) is 21.3 Å². The van der Waals surface area contributed by atoms with Crippen molar-refractivity contribution in [3.63, 3.8) is 0 Å². The third-order valence-electron chi connectivity index (χ3n) is 2.89. The van der Waals surface area contributed by atoms with Crippen LogP contribution in [0.3, 0.4) is 0 Å². The Bertz CT molecular complexity index is 671. The highest BCUT2D eigenvalue weighted by Gasteiger charge is 2.14. The minimum Gasteiger partial charge on any atom is -0.492 e. The largest absolute Gasteiger partial charge is 0.492 e. The Morgan fingerprint density at radius 1 is 1.14 bits per heavy atom. The topological polar surface area (TPSA) is 52.3 Å². The van der Waals surface area contributed by atoms with E-state index in [4.69, 9.17) is 10.5 Å². The Kier molecular flexibility index (Phi) is 5.42. The van der Waals surface area contributed by atoms with E-state index >= 15 is 0 Å². The van der Waals surface area contributed by atoms with E-state index in [-0.39, 0.29) is 5.78 Å². The first kappa shape index (κ1) is 16.0. The van der Waals surface area contributed by atoms with Crippen LogP contribution in [0.4, 0.5) is 5.69 Å². The van der Waals surface area contributed by atoms with Crippen molar-refractivity contribution < 1.29 is 9.53 Å². The molecule has 0 saturated heterocycles. The standard InChI is InChI=1S/C16H15Br2NO2/c1-2-7-21-15-6-3-10(8-14(15)18)16(20)12-9-11(19)4-5-13(12)17/h3-6,8-9H,2,7,19H2,1H3. The Labute approximate surface area is 140 Å². The zero-order valence-electron chi connectivity index (χ0n) is 11.5. The number of ether oxygens (including phenoxy) is 1. The fraction of sp³-hybridized carbons (Fsp3) is 0.188. The summed E-state index contributed by atoms with van der Waals surface area (Å²) in [4.78, 5) is 12.5. The van der Waals surface area contributed by atoms with Crippen LogP contribution in [0.5, 0.6) is 5.75 Å². The molecule has 0 unspecified atom stereocenters. The van der Waals surface area contributed by atoms with Gasteiger partial charge in [-0.25, -0.2) is 0 Å². The van der Waals surface area contributed by atoms with Crippen LogP contribution < -0.4 is 10.5 Å². The van der Waals surface area contributed by atoms with Crippen LogP contribution in [0, 0.1) is 0 Å². The van der Waals surface area contributed by atoms with Crippen molar-refractivity contribution in [3.8, 4) is 5.75 Å². The fourth-order valence-corrected chi connectivity index (χ4v) is 2.76. The third-order valence-corrected chi connectivity index (χ3v) is 4.20. The Balaban J connectivity index is 2.31. The first-order valence-corrected chi connectivity index (χ1v) is 8.13. The molecule has 0 amide bonds. The lowest BCUT2D eigenvalue weighted by molar-refractivity contribution is 0.103. The molecule has 0 aliphatic heterocycles. The van der Waals surface area contributed by atoms with E-state index < -0.39 is 0 Å². The molecule has 0 fully saturated rings. The number of nitrogens with two attached hydrogens (primary N) is 1. The molecular weight excluding hydrogens is 398 g/mol. The van der Waals surface area contributed by atoms with Crippen molar-refractivity contribution >= 4 is 43.3 Å². The van der Waals surface area contributed by atoms with Crippen molar-refractivity contribution in [1.82, 2.24) is 0 Å². The highest BCUT2D eigenvalue weighted by molar-refractivity contribution is 9.10. The Hall–Kier alpha value is -1.33. The number of ketones is 1. The summed E-state index contributed by atoms with van der Waals surface area (Å²) in [7, 11) is 0. The van der Waals surface area contributed by atoms with E-state index in [1.54, 1.807) is 36.4 Å². The number of benzene rings is 2. The van der Waals surface area contributed by atoms with Gasteiger partial charge in [0.2, 0.25) is 0 Å². The van der Waals surface area contributed by atoms with Gasteiger partial charge in [0.1, 0.15) is 5.75 Å². The molecule has 0 saturated carbocycles. The average molecular weight is 413 g/mol. The highest BCUT2D eigenvalue weighted by Crippen LogP contribution is 2.29. The SMILES string of the molecule is CCCOc1ccc(C(=O)c2cc(N)ccc2Br)cc1Br. The van der Waals surface area contributed by atoms with E-state index in [9.17, 15) is 4.79 Å². The molecule has 2 aromatic carbocycles. The van der Waals surface area contributed by atoms with Gasteiger partial charge < -0.3 is 10.5 Å². The Morgan fingerprint density at radius 3 is 2.57 bits per heavy atom. The van der Waals surface area contributed by atoms with Crippen molar-refractivity contribution in [3.05, 3.63) is 56.5 Å². The van der Waals surface area contributed by atoms with Gasteiger partial charge in [-0.2, -0.15) is 0 Å². The normalized spacial score (nSPS) is 10.4. The van der Waals surface area contributed by atoms with E-state index in [0.717, 1.165) is 21.1 Å². The fourth-order valence-electron chi connectivity index (χ4n) is 1.84. The first-order chi connectivity index (χ1) is 10.0. The molecule has 2 aromatic rings. The van der Waals surface area contributed by atoms with E-state index in [0.29, 0.717) is 23.4 Å². The number of hydrogen-bond acceptors (Lipinski definition) is 3. The average Bonchev–Trinajstić information content (AvgIpc) is 2.47. The molecule has 0 aliphatic rings. The van der Waals surface area contributed by atoms with Gasteiger partial charge in [-0.05, 0) is 58.7 Å². The van der Waals surface area contributed by atoms with Gasteiger partial charge in [0.05, 0.1) is 11.1 Å². The molecular formula is C16H15Br2NO2. The lowest BCUT2D eigenvalue weighted by Gasteiger charge is -2.09. The van der Waals surface area contributed by atoms with Crippen LogP contribution in [0.15, 0.2) is 45.3 Å². The molecule has 0 atom stereocenters. The zero-order valence-corrected chi connectivity index (χ0v) is 14.7. The Morgan fingerprint density at radius 2 is 1.90 bits per heavy atom. The molecule has 5 heteroatoms. The van der Waals surface area contributed by atoms with Crippen molar-refractivity contribution in [1.29, 1.82) is 0 Å². The maximum absolute atomic E-state index is 12.5.